The summed E-state index contributed by atoms with van der Waals surface area (Å²) in [7, 11) is 0. The molecule has 208 valence electrons. The Morgan fingerprint density at radius 1 is 0.769 bits per heavy atom. The first kappa shape index (κ1) is 29.3. The summed E-state index contributed by atoms with van der Waals surface area (Å²) in [5.41, 5.74) is 0.912. The van der Waals surface area contributed by atoms with Gasteiger partial charge in [-0.25, -0.2) is 0 Å². The number of fused-ring (bicyclic) bond motifs is 3. The van der Waals surface area contributed by atoms with Crippen LogP contribution in [-0.2, 0) is 47.7 Å². The number of pyridine rings is 1. The number of rotatable bonds is 10. The van der Waals surface area contributed by atoms with E-state index in [1.807, 2.05) is 0 Å². The molecule has 0 bridgehead atoms. The molecule has 3 rings (SSSR count). The maximum Gasteiger partial charge on any atom is 0.303 e. The van der Waals surface area contributed by atoms with Crippen molar-refractivity contribution in [2.45, 2.75) is 59.0 Å². The fraction of sp³-hybridized carbons (Fsp3) is 0.400. The van der Waals surface area contributed by atoms with Crippen molar-refractivity contribution in [3.63, 3.8) is 0 Å². The Bertz CT molecular complexity index is 1420. The Morgan fingerprint density at radius 3 is 1.97 bits per heavy atom. The minimum absolute atomic E-state index is 0.00872. The lowest BCUT2D eigenvalue weighted by molar-refractivity contribution is -0.204. The second-order valence-electron chi connectivity index (χ2n) is 8.42. The molecule has 0 aliphatic heterocycles. The van der Waals surface area contributed by atoms with Crippen molar-refractivity contribution in [2.24, 2.45) is 0 Å². The summed E-state index contributed by atoms with van der Waals surface area (Å²) in [5.74, 6) is -4.05. The summed E-state index contributed by atoms with van der Waals surface area (Å²) >= 11 is 6.15. The van der Waals surface area contributed by atoms with Crippen molar-refractivity contribution in [1.82, 2.24) is 14.6 Å². The highest BCUT2D eigenvalue weighted by Gasteiger charge is 2.46. The average molecular weight is 564 g/mol. The molecule has 3 aromatic rings. The van der Waals surface area contributed by atoms with Crippen LogP contribution in [0.25, 0.3) is 16.6 Å². The fourth-order valence-corrected chi connectivity index (χ4v) is 4.15. The number of aromatic nitrogens is 3. The quantitative estimate of drug-likeness (QED) is 0.262. The van der Waals surface area contributed by atoms with Gasteiger partial charge in [-0.1, -0.05) is 11.6 Å². The zero-order valence-electron chi connectivity index (χ0n) is 21.7. The van der Waals surface area contributed by atoms with Crippen LogP contribution in [0.3, 0.4) is 0 Å². The van der Waals surface area contributed by atoms with E-state index < -0.39 is 60.9 Å². The van der Waals surface area contributed by atoms with Crippen LogP contribution in [0, 0.1) is 0 Å². The summed E-state index contributed by atoms with van der Waals surface area (Å²) < 4.78 is 28.4. The second-order valence-corrected chi connectivity index (χ2v) is 8.85. The molecule has 0 aliphatic carbocycles. The Morgan fingerprint density at radius 2 is 1.38 bits per heavy atom. The molecule has 39 heavy (non-hydrogen) atoms. The van der Waals surface area contributed by atoms with Crippen LogP contribution in [0.5, 0.6) is 0 Å². The van der Waals surface area contributed by atoms with Crippen LogP contribution in [0.15, 0.2) is 30.3 Å². The van der Waals surface area contributed by atoms with Gasteiger partial charge in [-0.15, -0.1) is 10.2 Å². The first-order chi connectivity index (χ1) is 18.4. The molecule has 0 amide bonds. The molecular formula is C25H26ClN3O10. The molecule has 0 unspecified atom stereocenters. The van der Waals surface area contributed by atoms with E-state index in [9.17, 15) is 24.0 Å². The number of carbonyl (C=O) groups is 5. The Kier molecular flexibility index (Phi) is 9.41. The Hall–Kier alpha value is -4.26. The largest absolute Gasteiger partial charge is 0.462 e. The topological polar surface area (TPSA) is 162 Å². The van der Waals surface area contributed by atoms with Gasteiger partial charge < -0.3 is 23.7 Å². The third-order valence-corrected chi connectivity index (χ3v) is 5.50. The number of halogens is 1. The summed E-state index contributed by atoms with van der Waals surface area (Å²) in [6.07, 6.45) is -6.25. The highest BCUT2D eigenvalue weighted by atomic mass is 35.5. The molecule has 2 aromatic heterocycles. The maximum atomic E-state index is 12.3. The lowest BCUT2D eigenvalue weighted by Gasteiger charge is -2.34. The van der Waals surface area contributed by atoms with Gasteiger partial charge in [0.2, 0.25) is 6.10 Å². The van der Waals surface area contributed by atoms with E-state index >= 15 is 0 Å². The van der Waals surface area contributed by atoms with Gasteiger partial charge in [0.05, 0.1) is 5.52 Å². The van der Waals surface area contributed by atoms with E-state index in [1.165, 1.54) is 0 Å². The summed E-state index contributed by atoms with van der Waals surface area (Å²) in [6.45, 7) is 4.89. The SMILES string of the molecule is CC(=O)OC[C@@H](OC(C)=O)[C@@H](OC(C)=O)[C@H](OC(C)=O)[C@@H](OC(C)=O)c1nnc2ccc3cc(Cl)ccc3n12. The number of ether oxygens (including phenoxy) is 5. The molecule has 0 saturated carbocycles. The molecular weight excluding hydrogens is 538 g/mol. The van der Waals surface area contributed by atoms with Crippen LogP contribution in [0.1, 0.15) is 46.5 Å². The van der Waals surface area contributed by atoms with Crippen molar-refractivity contribution < 1.29 is 47.7 Å². The zero-order valence-corrected chi connectivity index (χ0v) is 22.5. The molecule has 0 radical (unpaired) electrons. The minimum Gasteiger partial charge on any atom is -0.462 e. The van der Waals surface area contributed by atoms with Crippen molar-refractivity contribution in [1.29, 1.82) is 0 Å². The third kappa shape index (κ3) is 7.41. The molecule has 1 aromatic carbocycles. The number of nitrogens with zero attached hydrogens (tertiary/aromatic N) is 3. The van der Waals surface area contributed by atoms with Gasteiger partial charge in [0, 0.05) is 45.0 Å². The first-order valence-corrected chi connectivity index (χ1v) is 12.0. The van der Waals surface area contributed by atoms with Crippen LogP contribution < -0.4 is 0 Å². The van der Waals surface area contributed by atoms with Gasteiger partial charge in [0.15, 0.2) is 29.8 Å². The highest BCUT2D eigenvalue weighted by molar-refractivity contribution is 6.31. The predicted octanol–water partition coefficient (Wildman–Crippen LogP) is 2.50. The lowest BCUT2D eigenvalue weighted by atomic mass is 10.0. The standard InChI is InChI=1S/C25H26ClN3O10/c1-12(30)35-11-20(36-13(2)31)22(37-14(3)32)23(38-15(4)33)24(39-16(5)34)25-28-27-21-9-6-17-10-18(26)7-8-19(17)29(21)25/h6-10,20,22-24H,11H2,1-5H3/t20-,22-,23+,24-/m1/s1. The molecule has 0 saturated heterocycles. The van der Waals surface area contributed by atoms with Crippen LogP contribution in [0.4, 0.5) is 0 Å². The van der Waals surface area contributed by atoms with E-state index in [-0.39, 0.29) is 5.82 Å². The maximum absolute atomic E-state index is 12.3. The monoisotopic (exact) mass is 563 g/mol. The van der Waals surface area contributed by atoms with Gasteiger partial charge in [-0.2, -0.15) is 0 Å². The minimum atomic E-state index is -1.63. The van der Waals surface area contributed by atoms with Crippen LogP contribution >= 0.6 is 11.6 Å². The highest BCUT2D eigenvalue weighted by Crippen LogP contribution is 2.32. The zero-order chi connectivity index (χ0) is 28.9. The van der Waals surface area contributed by atoms with E-state index in [0.29, 0.717) is 21.6 Å². The lowest BCUT2D eigenvalue weighted by Crippen LogP contribution is -2.50. The number of hydrogen-bond acceptors (Lipinski definition) is 12. The normalized spacial score (nSPS) is 14.1. The van der Waals surface area contributed by atoms with Crippen LogP contribution in [0.2, 0.25) is 5.02 Å². The van der Waals surface area contributed by atoms with Gasteiger partial charge in [-0.3, -0.25) is 28.4 Å². The van der Waals surface area contributed by atoms with Gasteiger partial charge >= 0.3 is 29.8 Å². The molecule has 0 fully saturated rings. The van der Waals surface area contributed by atoms with Crippen molar-refractivity contribution in [3.8, 4) is 0 Å². The van der Waals surface area contributed by atoms with E-state index in [0.717, 1.165) is 34.6 Å². The molecule has 2 heterocycles. The fourth-order valence-electron chi connectivity index (χ4n) is 3.97. The summed E-state index contributed by atoms with van der Waals surface area (Å²) in [5, 5.41) is 9.48. The summed E-state index contributed by atoms with van der Waals surface area (Å²) in [4.78, 5) is 60.2. The first-order valence-electron chi connectivity index (χ1n) is 11.6. The van der Waals surface area contributed by atoms with Gasteiger partial charge in [0.25, 0.3) is 0 Å². The summed E-state index contributed by atoms with van der Waals surface area (Å²) in [6, 6.07) is 8.43. The number of hydrogen-bond donors (Lipinski definition) is 0. The van der Waals surface area contributed by atoms with Gasteiger partial charge in [0.1, 0.15) is 6.61 Å². The molecule has 13 nitrogen and oxygen atoms in total. The number of esters is 5. The molecule has 4 atom stereocenters. The van der Waals surface area contributed by atoms with E-state index in [2.05, 4.69) is 10.2 Å². The molecule has 0 spiro atoms. The van der Waals surface area contributed by atoms with Crippen molar-refractivity contribution in [2.75, 3.05) is 6.61 Å². The number of carbonyl (C=O) groups excluding carboxylic acids is 5. The Labute approximate surface area is 227 Å². The Balaban J connectivity index is 2.26. The second kappa shape index (κ2) is 12.5. The van der Waals surface area contributed by atoms with Gasteiger partial charge in [-0.05, 0) is 30.3 Å². The average Bonchev–Trinajstić information content (AvgIpc) is 3.26. The predicted molar refractivity (Wildman–Crippen MR) is 133 cm³/mol. The number of benzene rings is 1. The molecule has 0 N–H and O–H groups in total. The smallest absolute Gasteiger partial charge is 0.303 e. The van der Waals surface area contributed by atoms with Crippen molar-refractivity contribution >= 4 is 58.0 Å². The molecule has 14 heteroatoms. The van der Waals surface area contributed by atoms with E-state index in [4.69, 9.17) is 35.3 Å². The van der Waals surface area contributed by atoms with Crippen LogP contribution in [-0.4, -0.2) is 69.4 Å². The molecule has 0 aliphatic rings. The third-order valence-electron chi connectivity index (χ3n) is 5.26. The van der Waals surface area contributed by atoms with Crippen molar-refractivity contribution in [3.05, 3.63) is 41.2 Å². The van der Waals surface area contributed by atoms with E-state index in [1.54, 1.807) is 34.7 Å².